The number of halogens is 1. The predicted molar refractivity (Wildman–Crippen MR) is 83.1 cm³/mol. The van der Waals surface area contributed by atoms with E-state index in [1.54, 1.807) is 12.1 Å². The van der Waals surface area contributed by atoms with Gasteiger partial charge in [0.2, 0.25) is 0 Å². The second kappa shape index (κ2) is 5.57. The van der Waals surface area contributed by atoms with Crippen LogP contribution in [0.3, 0.4) is 0 Å². The average Bonchev–Trinajstić information content (AvgIpc) is 3.08. The molecule has 0 unspecified atom stereocenters. The molecule has 0 saturated carbocycles. The Bertz CT molecular complexity index is 792. The van der Waals surface area contributed by atoms with Crippen LogP contribution in [0, 0.1) is 6.92 Å². The Morgan fingerprint density at radius 3 is 2.81 bits per heavy atom. The summed E-state index contributed by atoms with van der Waals surface area (Å²) in [6.07, 6.45) is 0. The van der Waals surface area contributed by atoms with Crippen molar-refractivity contribution in [3.63, 3.8) is 0 Å². The molecule has 0 radical (unpaired) electrons. The highest BCUT2D eigenvalue weighted by atomic mass is 79.9. The van der Waals surface area contributed by atoms with Gasteiger partial charge in [-0.1, -0.05) is 12.1 Å². The van der Waals surface area contributed by atoms with Gasteiger partial charge in [-0.15, -0.1) is 0 Å². The van der Waals surface area contributed by atoms with E-state index in [2.05, 4.69) is 31.4 Å². The van der Waals surface area contributed by atoms with Crippen molar-refractivity contribution in [3.8, 4) is 11.3 Å². The summed E-state index contributed by atoms with van der Waals surface area (Å²) in [5, 5.41) is 9.90. The summed E-state index contributed by atoms with van der Waals surface area (Å²) < 4.78 is 5.74. The standard InChI is InChI=1S/C15H12BrN3O2/c1-9-7-12(19-18-9)10-3-2-4-11(8-10)17-15(20)13-5-6-14(16)21-13/h2-8H,1H3,(H,17,20)(H,18,19). The first-order valence-corrected chi connectivity index (χ1v) is 7.10. The summed E-state index contributed by atoms with van der Waals surface area (Å²) >= 11 is 3.17. The number of carbonyl (C=O) groups excluding carboxylic acids is 1. The number of hydrogen-bond acceptors (Lipinski definition) is 3. The minimum absolute atomic E-state index is 0.253. The fourth-order valence-corrected chi connectivity index (χ4v) is 2.26. The number of anilines is 1. The zero-order valence-corrected chi connectivity index (χ0v) is 12.8. The molecule has 6 heteroatoms. The van der Waals surface area contributed by atoms with Crippen molar-refractivity contribution in [2.75, 3.05) is 5.32 Å². The van der Waals surface area contributed by atoms with Gasteiger partial charge < -0.3 is 9.73 Å². The van der Waals surface area contributed by atoms with Crippen molar-refractivity contribution in [1.29, 1.82) is 0 Å². The van der Waals surface area contributed by atoms with E-state index in [1.807, 2.05) is 37.3 Å². The molecule has 0 aliphatic heterocycles. The minimum atomic E-state index is -0.295. The van der Waals surface area contributed by atoms with Crippen molar-refractivity contribution < 1.29 is 9.21 Å². The molecular formula is C15H12BrN3O2. The lowest BCUT2D eigenvalue weighted by atomic mass is 10.1. The third-order valence-electron chi connectivity index (χ3n) is 2.92. The highest BCUT2D eigenvalue weighted by molar-refractivity contribution is 9.10. The molecule has 0 fully saturated rings. The molecule has 0 spiro atoms. The molecule has 0 aliphatic carbocycles. The molecule has 1 amide bonds. The van der Waals surface area contributed by atoms with Crippen LogP contribution in [0.5, 0.6) is 0 Å². The Hall–Kier alpha value is -2.34. The molecule has 1 aromatic carbocycles. The van der Waals surface area contributed by atoms with Gasteiger partial charge in [0.25, 0.3) is 5.91 Å². The van der Waals surface area contributed by atoms with Gasteiger partial charge in [-0.2, -0.15) is 5.10 Å². The lowest BCUT2D eigenvalue weighted by molar-refractivity contribution is 0.0995. The fraction of sp³-hybridized carbons (Fsp3) is 0.0667. The van der Waals surface area contributed by atoms with Gasteiger partial charge in [0.1, 0.15) is 0 Å². The maximum atomic E-state index is 12.0. The summed E-state index contributed by atoms with van der Waals surface area (Å²) in [6, 6.07) is 12.7. The van der Waals surface area contributed by atoms with E-state index >= 15 is 0 Å². The number of nitrogens with one attached hydrogen (secondary N) is 2. The molecule has 0 atom stereocenters. The first kappa shape index (κ1) is 13.6. The quantitative estimate of drug-likeness (QED) is 0.753. The molecule has 0 aliphatic rings. The normalized spacial score (nSPS) is 10.6. The van der Waals surface area contributed by atoms with Crippen LogP contribution in [0.25, 0.3) is 11.3 Å². The van der Waals surface area contributed by atoms with Crippen LogP contribution in [0.4, 0.5) is 5.69 Å². The monoisotopic (exact) mass is 345 g/mol. The molecule has 0 bridgehead atoms. The summed E-state index contributed by atoms with van der Waals surface area (Å²) in [5.41, 5.74) is 3.44. The van der Waals surface area contributed by atoms with Gasteiger partial charge in [0, 0.05) is 16.9 Å². The first-order valence-electron chi connectivity index (χ1n) is 6.31. The predicted octanol–water partition coefficient (Wildman–Crippen LogP) is 3.99. The van der Waals surface area contributed by atoms with Crippen LogP contribution in [-0.4, -0.2) is 16.1 Å². The van der Waals surface area contributed by atoms with Gasteiger partial charge >= 0.3 is 0 Å². The van der Waals surface area contributed by atoms with E-state index in [4.69, 9.17) is 4.42 Å². The molecular weight excluding hydrogens is 334 g/mol. The van der Waals surface area contributed by atoms with E-state index in [0.29, 0.717) is 10.4 Å². The third-order valence-corrected chi connectivity index (χ3v) is 3.35. The molecule has 0 saturated heterocycles. The summed E-state index contributed by atoms with van der Waals surface area (Å²) in [5.74, 6) is -0.0426. The molecule has 5 nitrogen and oxygen atoms in total. The number of aromatic nitrogens is 2. The highest BCUT2D eigenvalue weighted by Crippen LogP contribution is 2.22. The molecule has 3 aromatic rings. The number of rotatable bonds is 3. The Labute approximate surface area is 129 Å². The maximum absolute atomic E-state index is 12.0. The number of aryl methyl sites for hydroxylation is 1. The molecule has 2 N–H and O–H groups in total. The topological polar surface area (TPSA) is 70.9 Å². The third kappa shape index (κ3) is 3.05. The van der Waals surface area contributed by atoms with Crippen LogP contribution in [0.1, 0.15) is 16.2 Å². The number of benzene rings is 1. The first-order chi connectivity index (χ1) is 10.1. The smallest absolute Gasteiger partial charge is 0.291 e. The van der Waals surface area contributed by atoms with Crippen molar-refractivity contribution in [2.45, 2.75) is 6.92 Å². The number of H-pyrrole nitrogens is 1. The molecule has 3 rings (SSSR count). The van der Waals surface area contributed by atoms with E-state index < -0.39 is 0 Å². The lowest BCUT2D eigenvalue weighted by Gasteiger charge is -2.04. The van der Waals surface area contributed by atoms with Gasteiger partial charge in [0.05, 0.1) is 5.69 Å². The van der Waals surface area contributed by atoms with Crippen molar-refractivity contribution in [1.82, 2.24) is 10.2 Å². The van der Waals surface area contributed by atoms with Crippen LogP contribution >= 0.6 is 15.9 Å². The Morgan fingerprint density at radius 1 is 1.29 bits per heavy atom. The molecule has 2 aromatic heterocycles. The summed E-state index contributed by atoms with van der Waals surface area (Å²) in [6.45, 7) is 1.94. The van der Waals surface area contributed by atoms with Crippen molar-refractivity contribution in [2.24, 2.45) is 0 Å². The second-order valence-corrected chi connectivity index (χ2v) is 5.36. The van der Waals surface area contributed by atoms with Crippen LogP contribution in [0.15, 0.2) is 51.6 Å². The number of carbonyl (C=O) groups is 1. The van der Waals surface area contributed by atoms with Crippen LogP contribution < -0.4 is 5.32 Å². The van der Waals surface area contributed by atoms with E-state index in [1.165, 1.54) is 0 Å². The zero-order chi connectivity index (χ0) is 14.8. The number of amides is 1. The van der Waals surface area contributed by atoms with Gasteiger partial charge in [0.15, 0.2) is 10.4 Å². The summed E-state index contributed by atoms with van der Waals surface area (Å²) in [7, 11) is 0. The molecule has 106 valence electrons. The largest absolute Gasteiger partial charge is 0.444 e. The Morgan fingerprint density at radius 2 is 2.14 bits per heavy atom. The lowest BCUT2D eigenvalue weighted by Crippen LogP contribution is -2.10. The van der Waals surface area contributed by atoms with Crippen molar-refractivity contribution in [3.05, 3.63) is 58.6 Å². The average molecular weight is 346 g/mol. The van der Waals surface area contributed by atoms with Crippen LogP contribution in [0.2, 0.25) is 0 Å². The second-order valence-electron chi connectivity index (χ2n) is 4.57. The SMILES string of the molecule is Cc1cc(-c2cccc(NC(=O)c3ccc(Br)o3)c2)n[nH]1. The Kier molecular flexibility index (Phi) is 3.62. The van der Waals surface area contributed by atoms with Gasteiger partial charge in [-0.25, -0.2) is 0 Å². The summed E-state index contributed by atoms with van der Waals surface area (Å²) in [4.78, 5) is 12.0. The van der Waals surface area contributed by atoms with Gasteiger partial charge in [-0.3, -0.25) is 9.89 Å². The maximum Gasteiger partial charge on any atom is 0.291 e. The van der Waals surface area contributed by atoms with Crippen molar-refractivity contribution >= 4 is 27.5 Å². The van der Waals surface area contributed by atoms with Crippen LogP contribution in [-0.2, 0) is 0 Å². The Balaban J connectivity index is 1.82. The number of furan rings is 1. The molecule has 2 heterocycles. The fourth-order valence-electron chi connectivity index (χ4n) is 1.95. The number of aromatic amines is 1. The van der Waals surface area contributed by atoms with Gasteiger partial charge in [-0.05, 0) is 53.2 Å². The van der Waals surface area contributed by atoms with E-state index in [0.717, 1.165) is 17.0 Å². The molecule has 21 heavy (non-hydrogen) atoms. The zero-order valence-electron chi connectivity index (χ0n) is 11.2. The minimum Gasteiger partial charge on any atom is -0.444 e. The number of hydrogen-bond donors (Lipinski definition) is 2. The number of nitrogens with zero attached hydrogens (tertiary/aromatic N) is 1. The highest BCUT2D eigenvalue weighted by Gasteiger charge is 2.11. The van der Waals surface area contributed by atoms with E-state index in [9.17, 15) is 4.79 Å². The van der Waals surface area contributed by atoms with E-state index in [-0.39, 0.29) is 11.7 Å².